The number of nitrogens with one attached hydrogen (secondary N) is 2. The number of nitriles is 1. The van der Waals surface area contributed by atoms with Gasteiger partial charge < -0.3 is 20.1 Å². The Labute approximate surface area is 160 Å². The predicted octanol–water partition coefficient (Wildman–Crippen LogP) is 4.47. The number of methoxy groups -OCH3 is 2. The molecular formula is C18H15Cl2N3O3. The van der Waals surface area contributed by atoms with Crippen LogP contribution in [0.15, 0.2) is 48.2 Å². The molecule has 6 nitrogen and oxygen atoms in total. The highest BCUT2D eigenvalue weighted by Gasteiger charge is 2.12. The van der Waals surface area contributed by atoms with Crippen LogP contribution in [0, 0.1) is 11.3 Å². The number of ether oxygens (including phenoxy) is 2. The van der Waals surface area contributed by atoms with Crippen LogP contribution in [0.25, 0.3) is 0 Å². The van der Waals surface area contributed by atoms with Crippen LogP contribution in [0.2, 0.25) is 10.0 Å². The molecule has 134 valence electrons. The minimum atomic E-state index is -0.633. The third-order valence-corrected chi connectivity index (χ3v) is 3.89. The van der Waals surface area contributed by atoms with Gasteiger partial charge in [-0.2, -0.15) is 5.26 Å². The van der Waals surface area contributed by atoms with Crippen LogP contribution in [0.5, 0.6) is 11.5 Å². The third kappa shape index (κ3) is 4.82. The summed E-state index contributed by atoms with van der Waals surface area (Å²) in [5, 5.41) is 15.4. The molecular weight excluding hydrogens is 377 g/mol. The molecule has 0 aliphatic carbocycles. The van der Waals surface area contributed by atoms with E-state index >= 15 is 0 Å². The molecule has 8 heteroatoms. The van der Waals surface area contributed by atoms with Crippen molar-refractivity contribution in [3.63, 3.8) is 0 Å². The first kappa shape index (κ1) is 19.4. The van der Waals surface area contributed by atoms with Crippen LogP contribution >= 0.6 is 23.2 Å². The second-order valence-corrected chi connectivity index (χ2v) is 5.80. The van der Waals surface area contributed by atoms with Crippen molar-refractivity contribution in [3.05, 3.63) is 58.2 Å². The Kier molecular flexibility index (Phi) is 6.73. The van der Waals surface area contributed by atoms with E-state index in [4.69, 9.17) is 32.7 Å². The Morgan fingerprint density at radius 3 is 2.54 bits per heavy atom. The zero-order chi connectivity index (χ0) is 19.1. The van der Waals surface area contributed by atoms with Crippen LogP contribution in [0.4, 0.5) is 11.4 Å². The fraction of sp³-hybridized carbons (Fsp3) is 0.111. The van der Waals surface area contributed by atoms with Gasteiger partial charge in [-0.15, -0.1) is 0 Å². The van der Waals surface area contributed by atoms with Gasteiger partial charge in [0.1, 0.15) is 23.1 Å². The summed E-state index contributed by atoms with van der Waals surface area (Å²) in [6.07, 6.45) is 1.27. The molecule has 0 atom stereocenters. The second kappa shape index (κ2) is 8.99. The first-order valence-electron chi connectivity index (χ1n) is 7.33. The summed E-state index contributed by atoms with van der Waals surface area (Å²) in [5.41, 5.74) is 0.684. The van der Waals surface area contributed by atoms with Gasteiger partial charge in [0, 0.05) is 17.3 Å². The highest BCUT2D eigenvalue weighted by Crippen LogP contribution is 2.29. The average molecular weight is 392 g/mol. The molecule has 0 fully saturated rings. The number of carbonyl (C=O) groups excluding carboxylic acids is 1. The largest absolute Gasteiger partial charge is 0.497 e. The second-order valence-electron chi connectivity index (χ2n) is 4.96. The van der Waals surface area contributed by atoms with Gasteiger partial charge in [0.15, 0.2) is 0 Å². The van der Waals surface area contributed by atoms with Crippen molar-refractivity contribution < 1.29 is 14.3 Å². The van der Waals surface area contributed by atoms with E-state index in [9.17, 15) is 10.1 Å². The molecule has 0 saturated heterocycles. The van der Waals surface area contributed by atoms with E-state index in [2.05, 4.69) is 10.6 Å². The monoisotopic (exact) mass is 391 g/mol. The standard InChI is InChI=1S/C18H15Cl2N3O3/c1-25-13-4-6-17(26-2)16(8-13)22-10-11(9-21)18(24)23-15-7-12(19)3-5-14(15)20/h3-8,10,22H,1-2H3,(H,23,24)/b11-10-. The van der Waals surface area contributed by atoms with Gasteiger partial charge in [-0.05, 0) is 30.3 Å². The molecule has 26 heavy (non-hydrogen) atoms. The Bertz CT molecular complexity index is 892. The van der Waals surface area contributed by atoms with Crippen LogP contribution < -0.4 is 20.1 Å². The smallest absolute Gasteiger partial charge is 0.267 e. The zero-order valence-corrected chi connectivity index (χ0v) is 15.5. The van der Waals surface area contributed by atoms with E-state index in [1.807, 2.05) is 6.07 Å². The Morgan fingerprint density at radius 2 is 1.88 bits per heavy atom. The van der Waals surface area contributed by atoms with Crippen molar-refractivity contribution in [2.24, 2.45) is 0 Å². The predicted molar refractivity (Wildman–Crippen MR) is 102 cm³/mol. The first-order chi connectivity index (χ1) is 12.5. The molecule has 0 aromatic heterocycles. The number of anilines is 2. The fourth-order valence-corrected chi connectivity index (χ4v) is 2.35. The van der Waals surface area contributed by atoms with E-state index in [0.717, 1.165) is 0 Å². The van der Waals surface area contributed by atoms with E-state index in [1.54, 1.807) is 30.3 Å². The van der Waals surface area contributed by atoms with Crippen LogP contribution in [0.3, 0.4) is 0 Å². The molecule has 0 bridgehead atoms. The van der Waals surface area contributed by atoms with Gasteiger partial charge in [0.05, 0.1) is 30.6 Å². The number of nitrogens with zero attached hydrogens (tertiary/aromatic N) is 1. The molecule has 2 aromatic carbocycles. The summed E-state index contributed by atoms with van der Waals surface area (Å²) in [6.45, 7) is 0. The number of benzene rings is 2. The number of halogens is 2. The van der Waals surface area contributed by atoms with E-state index < -0.39 is 5.91 Å². The Morgan fingerprint density at radius 1 is 1.12 bits per heavy atom. The van der Waals surface area contributed by atoms with Crippen molar-refractivity contribution >= 4 is 40.5 Å². The lowest BCUT2D eigenvalue weighted by atomic mass is 10.2. The van der Waals surface area contributed by atoms with Crippen LogP contribution in [0.1, 0.15) is 0 Å². The topological polar surface area (TPSA) is 83.4 Å². The molecule has 0 saturated carbocycles. The maximum atomic E-state index is 12.3. The van der Waals surface area contributed by atoms with Crippen molar-refractivity contribution in [2.75, 3.05) is 24.9 Å². The maximum absolute atomic E-state index is 12.3. The highest BCUT2D eigenvalue weighted by molar-refractivity contribution is 6.36. The van der Waals surface area contributed by atoms with Crippen molar-refractivity contribution in [1.29, 1.82) is 5.26 Å². The highest BCUT2D eigenvalue weighted by atomic mass is 35.5. The van der Waals surface area contributed by atoms with Gasteiger partial charge in [-0.1, -0.05) is 23.2 Å². The van der Waals surface area contributed by atoms with E-state index in [-0.39, 0.29) is 5.57 Å². The summed E-state index contributed by atoms with van der Waals surface area (Å²) >= 11 is 11.9. The average Bonchev–Trinajstić information content (AvgIpc) is 2.65. The fourth-order valence-electron chi connectivity index (χ4n) is 2.01. The molecule has 2 rings (SSSR count). The van der Waals surface area contributed by atoms with Crippen LogP contribution in [-0.2, 0) is 4.79 Å². The summed E-state index contributed by atoms with van der Waals surface area (Å²) in [6, 6.07) is 11.6. The van der Waals surface area contributed by atoms with Gasteiger partial charge in [-0.25, -0.2) is 0 Å². The molecule has 1 amide bonds. The van der Waals surface area contributed by atoms with E-state index in [0.29, 0.717) is 32.9 Å². The van der Waals surface area contributed by atoms with E-state index in [1.165, 1.54) is 26.5 Å². The molecule has 0 aliphatic heterocycles. The number of carbonyl (C=O) groups is 1. The molecule has 2 aromatic rings. The summed E-state index contributed by atoms with van der Waals surface area (Å²) in [4.78, 5) is 12.3. The molecule has 0 spiro atoms. The minimum Gasteiger partial charge on any atom is -0.497 e. The zero-order valence-electron chi connectivity index (χ0n) is 14.0. The van der Waals surface area contributed by atoms with Crippen LogP contribution in [-0.4, -0.2) is 20.1 Å². The normalized spacial score (nSPS) is 10.7. The molecule has 0 heterocycles. The number of hydrogen-bond donors (Lipinski definition) is 2. The lowest BCUT2D eigenvalue weighted by Gasteiger charge is -2.11. The molecule has 0 unspecified atom stereocenters. The lowest BCUT2D eigenvalue weighted by Crippen LogP contribution is -2.15. The van der Waals surface area contributed by atoms with Gasteiger partial charge in [-0.3, -0.25) is 4.79 Å². The minimum absolute atomic E-state index is 0.161. The first-order valence-corrected chi connectivity index (χ1v) is 8.09. The molecule has 0 radical (unpaired) electrons. The molecule has 2 N–H and O–H groups in total. The van der Waals surface area contributed by atoms with Crippen molar-refractivity contribution in [1.82, 2.24) is 0 Å². The summed E-state index contributed by atoms with van der Waals surface area (Å²) < 4.78 is 10.4. The van der Waals surface area contributed by atoms with Gasteiger partial charge in [0.25, 0.3) is 5.91 Å². The maximum Gasteiger partial charge on any atom is 0.267 e. The van der Waals surface area contributed by atoms with Gasteiger partial charge in [0.2, 0.25) is 0 Å². The summed E-state index contributed by atoms with van der Waals surface area (Å²) in [5.74, 6) is 0.485. The summed E-state index contributed by atoms with van der Waals surface area (Å²) in [7, 11) is 3.04. The Balaban J connectivity index is 2.21. The number of rotatable bonds is 6. The SMILES string of the molecule is COc1ccc(OC)c(N/C=C(/C#N)C(=O)Nc2cc(Cl)ccc2Cl)c1. The van der Waals surface area contributed by atoms with Gasteiger partial charge >= 0.3 is 0 Å². The lowest BCUT2D eigenvalue weighted by molar-refractivity contribution is -0.112. The number of hydrogen-bond acceptors (Lipinski definition) is 5. The quantitative estimate of drug-likeness (QED) is 0.560. The third-order valence-electron chi connectivity index (χ3n) is 3.32. The van der Waals surface area contributed by atoms with Crippen molar-refractivity contribution in [2.45, 2.75) is 0 Å². The molecule has 0 aliphatic rings. The van der Waals surface area contributed by atoms with Crippen molar-refractivity contribution in [3.8, 4) is 17.6 Å². The Hall–Kier alpha value is -2.88. The number of amides is 1.